The van der Waals surface area contributed by atoms with Gasteiger partial charge in [0.05, 0.1) is 24.8 Å². The van der Waals surface area contributed by atoms with Crippen LogP contribution in [0.2, 0.25) is 0 Å². The molecule has 0 aliphatic carbocycles. The summed E-state index contributed by atoms with van der Waals surface area (Å²) in [6.07, 6.45) is -4.39. The number of benzene rings is 2. The topological polar surface area (TPSA) is 110 Å². The highest BCUT2D eigenvalue weighted by Gasteiger charge is 2.36. The van der Waals surface area contributed by atoms with Crippen LogP contribution >= 0.6 is 0 Å². The second kappa shape index (κ2) is 12.1. The van der Waals surface area contributed by atoms with E-state index in [-0.39, 0.29) is 12.2 Å². The molecule has 0 aliphatic heterocycles. The van der Waals surface area contributed by atoms with Crippen molar-refractivity contribution in [3.63, 3.8) is 0 Å². The van der Waals surface area contributed by atoms with Crippen molar-refractivity contribution in [2.24, 2.45) is 0 Å². The average Bonchev–Trinajstić information content (AvgIpc) is 2.88. The van der Waals surface area contributed by atoms with Gasteiger partial charge in [-0.3, -0.25) is 4.79 Å². The Kier molecular flexibility index (Phi) is 8.94. The second-order valence-corrected chi connectivity index (χ2v) is 7.98. The Balaban J connectivity index is 1.63. The van der Waals surface area contributed by atoms with Gasteiger partial charge < -0.3 is 25.2 Å². The van der Waals surface area contributed by atoms with Crippen molar-refractivity contribution in [2.45, 2.75) is 25.1 Å². The Morgan fingerprint density at radius 3 is 2.38 bits per heavy atom. The largest absolute Gasteiger partial charge is 0.497 e. The number of alkyl halides is 3. The number of ether oxygens (including phenoxy) is 2. The van der Waals surface area contributed by atoms with E-state index in [0.717, 1.165) is 17.6 Å². The van der Waals surface area contributed by atoms with Gasteiger partial charge in [-0.1, -0.05) is 18.2 Å². The second-order valence-electron chi connectivity index (χ2n) is 7.98. The fraction of sp³-hybridized carbons (Fsp3) is 0.269. The highest BCUT2D eigenvalue weighted by molar-refractivity contribution is 5.98. The number of aliphatic carboxylic acids is 1. The van der Waals surface area contributed by atoms with E-state index in [4.69, 9.17) is 9.47 Å². The van der Waals surface area contributed by atoms with Gasteiger partial charge in [-0.05, 0) is 48.0 Å². The number of carboxylic acids is 1. The van der Waals surface area contributed by atoms with Crippen molar-refractivity contribution in [1.82, 2.24) is 10.3 Å². The number of pyridine rings is 1. The molecular formula is C26H26F3N3O5. The molecule has 1 aromatic heterocycles. The molecule has 37 heavy (non-hydrogen) atoms. The van der Waals surface area contributed by atoms with E-state index < -0.39 is 35.2 Å². The molecule has 0 saturated heterocycles. The summed E-state index contributed by atoms with van der Waals surface area (Å²) in [5.41, 5.74) is -0.510. The van der Waals surface area contributed by atoms with E-state index >= 15 is 0 Å². The zero-order valence-corrected chi connectivity index (χ0v) is 20.1. The molecular weight excluding hydrogens is 491 g/mol. The number of rotatable bonds is 11. The first-order chi connectivity index (χ1) is 17.6. The van der Waals surface area contributed by atoms with Crippen LogP contribution in [0.3, 0.4) is 0 Å². The summed E-state index contributed by atoms with van der Waals surface area (Å²) in [6.45, 7) is 0.372. The number of halogens is 3. The fourth-order valence-corrected chi connectivity index (χ4v) is 3.51. The normalized spacial score (nSPS) is 11.9. The lowest BCUT2D eigenvalue weighted by atomic mass is 10.0. The number of methoxy groups -OCH3 is 1. The van der Waals surface area contributed by atoms with E-state index in [2.05, 4.69) is 15.6 Å². The number of hydrogen-bond acceptors (Lipinski definition) is 6. The van der Waals surface area contributed by atoms with Crippen molar-refractivity contribution >= 4 is 17.7 Å². The maximum atomic E-state index is 13.5. The van der Waals surface area contributed by atoms with Crippen LogP contribution in [-0.2, 0) is 23.8 Å². The van der Waals surface area contributed by atoms with Gasteiger partial charge in [-0.25, -0.2) is 9.78 Å². The molecule has 0 saturated carbocycles. The highest BCUT2D eigenvalue weighted by Crippen LogP contribution is 2.34. The molecule has 0 spiro atoms. The third kappa shape index (κ3) is 7.60. The summed E-state index contributed by atoms with van der Waals surface area (Å²) in [5, 5.41) is 14.7. The Morgan fingerprint density at radius 1 is 1.05 bits per heavy atom. The van der Waals surface area contributed by atoms with Crippen LogP contribution in [0, 0.1) is 0 Å². The van der Waals surface area contributed by atoms with Crippen LogP contribution in [0.25, 0.3) is 0 Å². The molecule has 0 unspecified atom stereocenters. The van der Waals surface area contributed by atoms with Crippen LogP contribution in [-0.4, -0.2) is 48.8 Å². The van der Waals surface area contributed by atoms with E-state index in [9.17, 15) is 27.9 Å². The number of carbonyl (C=O) groups is 2. The molecule has 2 aromatic carbocycles. The molecule has 1 heterocycles. The van der Waals surface area contributed by atoms with E-state index in [1.807, 2.05) is 18.2 Å². The minimum atomic E-state index is -4.83. The van der Waals surface area contributed by atoms with Crippen LogP contribution in [0.15, 0.2) is 60.7 Å². The van der Waals surface area contributed by atoms with Gasteiger partial charge >= 0.3 is 12.1 Å². The van der Waals surface area contributed by atoms with Gasteiger partial charge in [-0.2, -0.15) is 13.2 Å². The summed E-state index contributed by atoms with van der Waals surface area (Å²) in [7, 11) is 2.98. The summed E-state index contributed by atoms with van der Waals surface area (Å²) in [5.74, 6) is -1.31. The van der Waals surface area contributed by atoms with Crippen molar-refractivity contribution < 1.29 is 37.3 Å². The van der Waals surface area contributed by atoms with E-state index in [1.54, 1.807) is 31.3 Å². The molecule has 3 aromatic rings. The van der Waals surface area contributed by atoms with Crippen LogP contribution in [0.4, 0.5) is 19.0 Å². The summed E-state index contributed by atoms with van der Waals surface area (Å²) >= 11 is 0. The number of aromatic nitrogens is 1. The van der Waals surface area contributed by atoms with E-state index in [1.165, 1.54) is 13.2 Å². The van der Waals surface area contributed by atoms with Gasteiger partial charge in [0, 0.05) is 25.6 Å². The standard InChI is InChI=1S/C26H26F3N3O5/c1-30-23-5-3-4-17(31-23)12-13-37-18-8-6-16(7-9-18)14-22(25(34)35)32-24(33)20-11-10-19(36-2)15-21(20)26(27,28)29/h3-11,15,22H,12-14H2,1-2H3,(H,30,31)(H,32,33)(H,34,35)/t22-/m0/s1. The van der Waals surface area contributed by atoms with Gasteiger partial charge in [-0.15, -0.1) is 0 Å². The monoisotopic (exact) mass is 517 g/mol. The smallest absolute Gasteiger partial charge is 0.417 e. The van der Waals surface area contributed by atoms with Crippen LogP contribution in [0.5, 0.6) is 11.5 Å². The number of anilines is 1. The fourth-order valence-electron chi connectivity index (χ4n) is 3.51. The van der Waals surface area contributed by atoms with Crippen LogP contribution < -0.4 is 20.1 Å². The molecule has 0 aliphatic rings. The molecule has 0 radical (unpaired) electrons. The Hall–Kier alpha value is -4.28. The number of carbonyl (C=O) groups excluding carboxylic acids is 1. The van der Waals surface area contributed by atoms with Crippen molar-refractivity contribution in [3.05, 3.63) is 83.0 Å². The van der Waals surface area contributed by atoms with Gasteiger partial charge in [0.2, 0.25) is 0 Å². The quantitative estimate of drug-likeness (QED) is 0.350. The first-order valence-corrected chi connectivity index (χ1v) is 11.2. The lowest BCUT2D eigenvalue weighted by Crippen LogP contribution is -2.42. The minimum Gasteiger partial charge on any atom is -0.497 e. The Morgan fingerprint density at radius 2 is 1.76 bits per heavy atom. The third-order valence-electron chi connectivity index (χ3n) is 5.43. The molecule has 1 atom stereocenters. The zero-order valence-electron chi connectivity index (χ0n) is 20.1. The first-order valence-electron chi connectivity index (χ1n) is 11.2. The number of nitrogens with one attached hydrogen (secondary N) is 2. The zero-order chi connectivity index (χ0) is 27.0. The lowest BCUT2D eigenvalue weighted by molar-refractivity contribution is -0.139. The Labute approximate surface area is 211 Å². The average molecular weight is 518 g/mol. The van der Waals surface area contributed by atoms with Gasteiger partial charge in [0.15, 0.2) is 0 Å². The number of amides is 1. The molecule has 196 valence electrons. The Bertz CT molecular complexity index is 1230. The summed E-state index contributed by atoms with van der Waals surface area (Å²) < 4.78 is 50.9. The summed E-state index contributed by atoms with van der Waals surface area (Å²) in [4.78, 5) is 28.8. The number of hydrogen-bond donors (Lipinski definition) is 3. The predicted molar refractivity (Wildman–Crippen MR) is 130 cm³/mol. The van der Waals surface area contributed by atoms with Crippen LogP contribution in [0.1, 0.15) is 27.2 Å². The van der Waals surface area contributed by atoms with Gasteiger partial charge in [0.25, 0.3) is 5.91 Å². The molecule has 3 rings (SSSR count). The van der Waals surface area contributed by atoms with E-state index in [0.29, 0.717) is 30.4 Å². The van der Waals surface area contributed by atoms with Crippen molar-refractivity contribution in [3.8, 4) is 11.5 Å². The summed E-state index contributed by atoms with van der Waals surface area (Å²) in [6, 6.07) is 13.6. The maximum absolute atomic E-state index is 13.5. The highest BCUT2D eigenvalue weighted by atomic mass is 19.4. The number of carboxylic acid groups (broad SMARTS) is 1. The maximum Gasteiger partial charge on any atom is 0.417 e. The molecule has 1 amide bonds. The molecule has 0 fully saturated rings. The lowest BCUT2D eigenvalue weighted by Gasteiger charge is -2.18. The third-order valence-corrected chi connectivity index (χ3v) is 5.43. The molecule has 8 nitrogen and oxygen atoms in total. The minimum absolute atomic E-state index is 0.0799. The first kappa shape index (κ1) is 27.3. The molecule has 11 heteroatoms. The van der Waals surface area contributed by atoms with Crippen molar-refractivity contribution in [2.75, 3.05) is 26.1 Å². The SMILES string of the molecule is CNc1cccc(CCOc2ccc(C[C@H](NC(=O)c3ccc(OC)cc3C(F)(F)F)C(=O)O)cc2)n1. The molecule has 0 bridgehead atoms. The van der Waals surface area contributed by atoms with Gasteiger partial charge in [0.1, 0.15) is 23.4 Å². The molecule has 3 N–H and O–H groups in total. The predicted octanol–water partition coefficient (Wildman–Crippen LogP) is 4.20. The van der Waals surface area contributed by atoms with Crippen molar-refractivity contribution in [1.29, 1.82) is 0 Å². The number of nitrogens with zero attached hydrogens (tertiary/aromatic N) is 1.